The number of nitrogens with zero attached hydrogens (tertiary/aromatic N) is 2. The van der Waals surface area contributed by atoms with Crippen LogP contribution in [0, 0.1) is 11.5 Å². The highest BCUT2D eigenvalue weighted by Crippen LogP contribution is 2.05. The zero-order valence-corrected chi connectivity index (χ0v) is 5.44. The van der Waals surface area contributed by atoms with Crippen molar-refractivity contribution in [1.82, 2.24) is 5.23 Å². The van der Waals surface area contributed by atoms with Gasteiger partial charge in [-0.3, -0.25) is 9.68 Å². The van der Waals surface area contributed by atoms with Crippen LogP contribution in [0.2, 0.25) is 0 Å². The molecule has 6 heteroatoms. The summed E-state index contributed by atoms with van der Waals surface area (Å²) in [5.41, 5.74) is 0. The van der Waals surface area contributed by atoms with E-state index in [0.29, 0.717) is 0 Å². The summed E-state index contributed by atoms with van der Waals surface area (Å²) in [4.78, 5) is 29.5. The van der Waals surface area contributed by atoms with Crippen LogP contribution in [-0.4, -0.2) is 17.2 Å². The SMILES string of the molecule is N#CN1OC(=O)CCC(=O)O1. The molecule has 6 nitrogen and oxygen atoms in total. The number of carbonyl (C=O) groups is 2. The highest BCUT2D eigenvalue weighted by Gasteiger charge is 2.21. The molecule has 1 heterocycles. The lowest BCUT2D eigenvalue weighted by molar-refractivity contribution is -0.284. The Balaban J connectivity index is 2.63. The summed E-state index contributed by atoms with van der Waals surface area (Å²) in [7, 11) is 0. The van der Waals surface area contributed by atoms with E-state index in [1.807, 2.05) is 0 Å². The molecular weight excluding hydrogens is 152 g/mol. The van der Waals surface area contributed by atoms with Crippen LogP contribution in [-0.2, 0) is 19.3 Å². The van der Waals surface area contributed by atoms with Crippen molar-refractivity contribution in [2.24, 2.45) is 0 Å². The van der Waals surface area contributed by atoms with E-state index in [1.165, 1.54) is 6.19 Å². The average Bonchev–Trinajstić information content (AvgIpc) is 2.13. The number of carbonyl (C=O) groups excluding carboxylic acids is 2. The number of rotatable bonds is 0. The molecule has 1 saturated heterocycles. The smallest absolute Gasteiger partial charge is 0.297 e. The summed E-state index contributed by atoms with van der Waals surface area (Å²) in [6.45, 7) is 0. The van der Waals surface area contributed by atoms with E-state index < -0.39 is 11.9 Å². The van der Waals surface area contributed by atoms with Crippen LogP contribution < -0.4 is 0 Å². The first-order valence-corrected chi connectivity index (χ1v) is 2.84. The molecule has 0 unspecified atom stereocenters. The Morgan fingerprint density at radius 2 is 1.73 bits per heavy atom. The third kappa shape index (κ3) is 1.82. The zero-order chi connectivity index (χ0) is 8.27. The Bertz CT molecular complexity index is 213. The third-order valence-electron chi connectivity index (χ3n) is 0.984. The Morgan fingerprint density at radius 1 is 1.27 bits per heavy atom. The molecule has 0 N–H and O–H groups in total. The fourth-order valence-electron chi connectivity index (χ4n) is 0.540. The molecule has 0 atom stereocenters. The standard InChI is InChI=1S/C5H4N2O4/c6-3-7-10-4(8)1-2-5(9)11-7/h1-2H2. The van der Waals surface area contributed by atoms with E-state index in [-0.39, 0.29) is 18.1 Å². The van der Waals surface area contributed by atoms with Gasteiger partial charge in [-0.2, -0.15) is 5.26 Å². The van der Waals surface area contributed by atoms with Gasteiger partial charge in [0.2, 0.25) is 0 Å². The fraction of sp³-hybridized carbons (Fsp3) is 0.400. The van der Waals surface area contributed by atoms with Gasteiger partial charge in [0.1, 0.15) is 0 Å². The van der Waals surface area contributed by atoms with Gasteiger partial charge in [0, 0.05) is 0 Å². The lowest BCUT2D eigenvalue weighted by Crippen LogP contribution is -2.21. The van der Waals surface area contributed by atoms with Crippen LogP contribution in [0.1, 0.15) is 12.8 Å². The van der Waals surface area contributed by atoms with E-state index in [1.54, 1.807) is 0 Å². The molecule has 1 rings (SSSR count). The molecular formula is C5H4N2O4. The topological polar surface area (TPSA) is 79.6 Å². The van der Waals surface area contributed by atoms with Crippen molar-refractivity contribution < 1.29 is 19.3 Å². The second-order valence-corrected chi connectivity index (χ2v) is 1.78. The fourth-order valence-corrected chi connectivity index (χ4v) is 0.540. The predicted molar refractivity (Wildman–Crippen MR) is 28.9 cm³/mol. The predicted octanol–water partition coefficient (Wildman–Crippen LogP) is -0.520. The summed E-state index contributed by atoms with van der Waals surface area (Å²) in [5, 5.41) is 8.37. The molecule has 0 bridgehead atoms. The first-order chi connectivity index (χ1) is 5.22. The van der Waals surface area contributed by atoms with E-state index >= 15 is 0 Å². The van der Waals surface area contributed by atoms with Gasteiger partial charge in [0.15, 0.2) is 0 Å². The summed E-state index contributed by atoms with van der Waals surface area (Å²) in [6, 6.07) is 0. The van der Waals surface area contributed by atoms with Crippen LogP contribution in [0.25, 0.3) is 0 Å². The molecule has 58 valence electrons. The van der Waals surface area contributed by atoms with Crippen molar-refractivity contribution in [3.05, 3.63) is 0 Å². The summed E-state index contributed by atoms with van der Waals surface area (Å²) >= 11 is 0. The average molecular weight is 156 g/mol. The molecule has 11 heavy (non-hydrogen) atoms. The van der Waals surface area contributed by atoms with Gasteiger partial charge in [-0.1, -0.05) is 0 Å². The quantitative estimate of drug-likeness (QED) is 0.439. The minimum absolute atomic E-state index is 0.0585. The molecule has 1 aliphatic rings. The Labute approximate surface area is 61.8 Å². The maximum absolute atomic E-state index is 10.6. The second kappa shape index (κ2) is 2.88. The van der Waals surface area contributed by atoms with E-state index in [0.717, 1.165) is 0 Å². The van der Waals surface area contributed by atoms with Gasteiger partial charge in [-0.05, 0) is 0 Å². The molecule has 0 amide bonds. The molecule has 0 aromatic heterocycles. The van der Waals surface area contributed by atoms with Crippen molar-refractivity contribution in [2.45, 2.75) is 12.8 Å². The Kier molecular flexibility index (Phi) is 1.92. The molecule has 0 aliphatic carbocycles. The van der Waals surface area contributed by atoms with Crippen molar-refractivity contribution >= 4 is 11.9 Å². The van der Waals surface area contributed by atoms with Crippen LogP contribution >= 0.6 is 0 Å². The molecule has 1 aliphatic heterocycles. The molecule has 0 aromatic carbocycles. The molecule has 0 saturated carbocycles. The van der Waals surface area contributed by atoms with Gasteiger partial charge in [-0.25, -0.2) is 9.59 Å². The monoisotopic (exact) mass is 156 g/mol. The second-order valence-electron chi connectivity index (χ2n) is 1.78. The number of hydrogen-bond donors (Lipinski definition) is 0. The molecule has 0 radical (unpaired) electrons. The molecule has 0 aromatic rings. The Hall–Kier alpha value is -1.77. The Morgan fingerprint density at radius 3 is 2.09 bits per heavy atom. The first kappa shape index (κ1) is 7.34. The number of hydroxylamine groups is 2. The maximum atomic E-state index is 10.6. The highest BCUT2D eigenvalue weighted by molar-refractivity contribution is 5.78. The summed E-state index contributed by atoms with van der Waals surface area (Å²) in [5.74, 6) is -1.31. The maximum Gasteiger partial charge on any atom is 0.337 e. The van der Waals surface area contributed by atoms with Crippen molar-refractivity contribution in [2.75, 3.05) is 0 Å². The van der Waals surface area contributed by atoms with E-state index in [4.69, 9.17) is 5.26 Å². The van der Waals surface area contributed by atoms with E-state index in [9.17, 15) is 9.59 Å². The lowest BCUT2D eigenvalue weighted by Gasteiger charge is -2.06. The van der Waals surface area contributed by atoms with Crippen molar-refractivity contribution in [1.29, 1.82) is 5.26 Å². The van der Waals surface area contributed by atoms with Gasteiger partial charge in [0.05, 0.1) is 18.1 Å². The summed E-state index contributed by atoms with van der Waals surface area (Å²) < 4.78 is 0. The van der Waals surface area contributed by atoms with Gasteiger partial charge < -0.3 is 0 Å². The minimum atomic E-state index is -0.655. The highest BCUT2D eigenvalue weighted by atomic mass is 17.0. The number of hydrogen-bond acceptors (Lipinski definition) is 6. The van der Waals surface area contributed by atoms with Crippen LogP contribution in [0.4, 0.5) is 0 Å². The van der Waals surface area contributed by atoms with Crippen LogP contribution in [0.15, 0.2) is 0 Å². The molecule has 0 spiro atoms. The first-order valence-electron chi connectivity index (χ1n) is 2.84. The molecule has 1 fully saturated rings. The number of nitriles is 1. The minimum Gasteiger partial charge on any atom is -0.297 e. The van der Waals surface area contributed by atoms with E-state index in [2.05, 4.69) is 9.68 Å². The normalized spacial score (nSPS) is 17.9. The van der Waals surface area contributed by atoms with Gasteiger partial charge in [-0.15, -0.1) is 0 Å². The zero-order valence-electron chi connectivity index (χ0n) is 5.44. The lowest BCUT2D eigenvalue weighted by atomic mass is 10.3. The summed E-state index contributed by atoms with van der Waals surface area (Å²) in [6.07, 6.45) is 1.23. The van der Waals surface area contributed by atoms with Gasteiger partial charge >= 0.3 is 11.9 Å². The van der Waals surface area contributed by atoms with Crippen molar-refractivity contribution in [3.8, 4) is 6.19 Å². The third-order valence-corrected chi connectivity index (χ3v) is 0.984. The van der Waals surface area contributed by atoms with Crippen LogP contribution in [0.3, 0.4) is 0 Å². The largest absolute Gasteiger partial charge is 0.337 e. The van der Waals surface area contributed by atoms with Gasteiger partial charge in [0.25, 0.3) is 6.19 Å². The van der Waals surface area contributed by atoms with Crippen LogP contribution in [0.5, 0.6) is 0 Å². The van der Waals surface area contributed by atoms with Crippen molar-refractivity contribution in [3.63, 3.8) is 0 Å².